The van der Waals surface area contributed by atoms with Crippen LogP contribution in [0.4, 0.5) is 4.39 Å². The van der Waals surface area contributed by atoms with Gasteiger partial charge in [0.25, 0.3) is 0 Å². The molecule has 49 heavy (non-hydrogen) atoms. The highest BCUT2D eigenvalue weighted by Gasteiger charge is 2.39. The van der Waals surface area contributed by atoms with Gasteiger partial charge in [0.1, 0.15) is 29.4 Å². The Morgan fingerprint density at radius 2 is 1.84 bits per heavy atom. The van der Waals surface area contributed by atoms with Crippen LogP contribution in [0.25, 0.3) is 22.2 Å². The lowest BCUT2D eigenvalue weighted by atomic mass is 9.82. The summed E-state index contributed by atoms with van der Waals surface area (Å²) in [6.07, 6.45) is 6.47. The van der Waals surface area contributed by atoms with Gasteiger partial charge in [-0.3, -0.25) is 9.69 Å². The molecule has 1 N–H and O–H groups in total. The molecule has 2 aromatic heterocycles. The average molecular weight is 662 g/mol. The number of aryl methyl sites for hydroxylation is 1. The molecule has 8 rings (SSSR count). The van der Waals surface area contributed by atoms with Crippen LogP contribution in [0.2, 0.25) is 0 Å². The van der Waals surface area contributed by atoms with Crippen LogP contribution in [0.5, 0.6) is 11.6 Å². The van der Waals surface area contributed by atoms with Crippen molar-refractivity contribution >= 4 is 17.0 Å². The molecule has 9 nitrogen and oxygen atoms in total. The minimum Gasteiger partial charge on any atom is -0.485 e. The molecule has 0 spiro atoms. The van der Waals surface area contributed by atoms with Gasteiger partial charge < -0.3 is 14.6 Å². The number of benzene rings is 3. The fourth-order valence-corrected chi connectivity index (χ4v) is 7.92. The predicted molar refractivity (Wildman–Crippen MR) is 183 cm³/mol. The van der Waals surface area contributed by atoms with Gasteiger partial charge in [-0.15, -0.1) is 5.10 Å². The SMILES string of the molecule is COc1cc(-c2ccc(C3CCc4ccc([C@H](C5CC5)[C@H](C)C(=O)O)cc4O3)cc2C(N2CCCC2)n2nnc3ccccc32)c(F)cn1. The van der Waals surface area contributed by atoms with Crippen LogP contribution in [0.1, 0.15) is 79.5 Å². The number of carboxylic acids is 1. The Balaban J connectivity index is 1.23. The lowest BCUT2D eigenvalue weighted by Gasteiger charge is -2.32. The largest absolute Gasteiger partial charge is 0.485 e. The number of hydrogen-bond donors (Lipinski definition) is 1. The molecule has 1 saturated heterocycles. The molecule has 1 saturated carbocycles. The summed E-state index contributed by atoms with van der Waals surface area (Å²) in [7, 11) is 1.53. The fraction of sp³-hybridized carbons (Fsp3) is 0.385. The lowest BCUT2D eigenvalue weighted by Crippen LogP contribution is -2.32. The Labute approximate surface area is 284 Å². The summed E-state index contributed by atoms with van der Waals surface area (Å²) in [5.41, 5.74) is 6.88. The molecule has 4 heterocycles. The molecule has 3 aromatic carbocycles. The number of fused-ring (bicyclic) bond motifs is 2. The van der Waals surface area contributed by atoms with Crippen molar-refractivity contribution in [3.63, 3.8) is 0 Å². The predicted octanol–water partition coefficient (Wildman–Crippen LogP) is 7.56. The van der Waals surface area contributed by atoms with Crippen LogP contribution in [0.3, 0.4) is 0 Å². The molecular weight excluding hydrogens is 621 g/mol. The van der Waals surface area contributed by atoms with E-state index in [9.17, 15) is 9.90 Å². The van der Waals surface area contributed by atoms with Crippen LogP contribution in [0, 0.1) is 17.7 Å². The number of carboxylic acid groups (broad SMARTS) is 1. The highest BCUT2D eigenvalue weighted by Crippen LogP contribution is 2.49. The van der Waals surface area contributed by atoms with E-state index in [2.05, 4.69) is 44.5 Å². The molecule has 3 aliphatic rings. The van der Waals surface area contributed by atoms with E-state index in [0.29, 0.717) is 17.4 Å². The summed E-state index contributed by atoms with van der Waals surface area (Å²) in [4.78, 5) is 18.5. The number of pyridine rings is 1. The third-order valence-corrected chi connectivity index (χ3v) is 10.6. The van der Waals surface area contributed by atoms with E-state index in [1.54, 1.807) is 6.07 Å². The molecule has 0 radical (unpaired) electrons. The first-order valence-corrected chi connectivity index (χ1v) is 17.3. The van der Waals surface area contributed by atoms with Gasteiger partial charge in [0.05, 0.1) is 24.7 Å². The van der Waals surface area contributed by atoms with Crippen LogP contribution in [-0.4, -0.2) is 56.2 Å². The Morgan fingerprint density at radius 3 is 2.61 bits per heavy atom. The molecule has 0 amide bonds. The summed E-state index contributed by atoms with van der Waals surface area (Å²) in [5, 5.41) is 19.0. The first kappa shape index (κ1) is 31.4. The van der Waals surface area contributed by atoms with Crippen molar-refractivity contribution < 1.29 is 23.8 Å². The highest BCUT2D eigenvalue weighted by atomic mass is 19.1. The van der Waals surface area contributed by atoms with Crippen LogP contribution >= 0.6 is 0 Å². The smallest absolute Gasteiger partial charge is 0.306 e. The standard InChI is InChI=1S/C39H40FN5O4/c1-23(39(46)47)37(25-10-11-25)27-12-9-24-14-16-34(49-35(24)20-27)26-13-15-28(29-21-36(48-2)41-22-31(29)40)30(19-26)38(44-17-5-6-18-44)45-33-8-4-3-7-32(33)42-43-45/h3-4,7-9,12-13,15,19-23,25,34,37-38H,5-6,10-11,14,16-18H2,1-2H3,(H,46,47)/t23-,34?,37-,38?/m0/s1. The molecule has 1 aliphatic carbocycles. The molecule has 252 valence electrons. The van der Waals surface area contributed by atoms with E-state index in [1.165, 1.54) is 13.3 Å². The molecule has 2 aliphatic heterocycles. The third-order valence-electron chi connectivity index (χ3n) is 10.6. The quantitative estimate of drug-likeness (QED) is 0.164. The third kappa shape index (κ3) is 5.92. The van der Waals surface area contributed by atoms with Gasteiger partial charge >= 0.3 is 5.97 Å². The Hall–Kier alpha value is -4.83. The Bertz CT molecular complexity index is 2020. The summed E-state index contributed by atoms with van der Waals surface area (Å²) >= 11 is 0. The summed E-state index contributed by atoms with van der Waals surface area (Å²) in [6, 6.07) is 22.0. The van der Waals surface area contributed by atoms with E-state index in [1.807, 2.05) is 48.0 Å². The number of aliphatic carboxylic acids is 1. The van der Waals surface area contributed by atoms with Crippen LogP contribution < -0.4 is 9.47 Å². The minimum absolute atomic E-state index is 0.0383. The van der Waals surface area contributed by atoms with Crippen molar-refractivity contribution in [1.82, 2.24) is 24.9 Å². The second-order valence-electron chi connectivity index (χ2n) is 13.7. The van der Waals surface area contributed by atoms with Crippen molar-refractivity contribution in [2.45, 2.75) is 63.6 Å². The fourth-order valence-electron chi connectivity index (χ4n) is 7.92. The number of carbonyl (C=O) groups is 1. The molecular formula is C39H40FN5O4. The second kappa shape index (κ2) is 12.9. The van der Waals surface area contributed by atoms with E-state index >= 15 is 4.39 Å². The van der Waals surface area contributed by atoms with E-state index < -0.39 is 17.7 Å². The van der Waals surface area contributed by atoms with Crippen molar-refractivity contribution in [2.75, 3.05) is 20.2 Å². The number of rotatable bonds is 10. The molecule has 4 atom stereocenters. The molecule has 0 bridgehead atoms. The average Bonchev–Trinajstić information content (AvgIpc) is 3.63. The van der Waals surface area contributed by atoms with Crippen molar-refractivity contribution in [2.24, 2.45) is 11.8 Å². The van der Waals surface area contributed by atoms with Crippen LogP contribution in [-0.2, 0) is 11.2 Å². The maximum atomic E-state index is 15.7. The lowest BCUT2D eigenvalue weighted by molar-refractivity contribution is -0.142. The number of halogens is 1. The summed E-state index contributed by atoms with van der Waals surface area (Å²) in [5.74, 6) is -0.176. The maximum Gasteiger partial charge on any atom is 0.306 e. The monoisotopic (exact) mass is 661 g/mol. The van der Waals surface area contributed by atoms with Gasteiger partial charge in [-0.25, -0.2) is 14.1 Å². The minimum atomic E-state index is -0.767. The molecule has 10 heteroatoms. The molecule has 5 aromatic rings. The first-order valence-electron chi connectivity index (χ1n) is 17.3. The van der Waals surface area contributed by atoms with E-state index in [-0.39, 0.29) is 18.2 Å². The number of likely N-dealkylation sites (tertiary alicyclic amines) is 1. The van der Waals surface area contributed by atoms with Crippen LogP contribution in [0.15, 0.2) is 72.9 Å². The van der Waals surface area contributed by atoms with Gasteiger partial charge in [0, 0.05) is 24.7 Å². The zero-order valence-corrected chi connectivity index (χ0v) is 27.8. The number of ether oxygens (including phenoxy) is 2. The topological polar surface area (TPSA) is 103 Å². The van der Waals surface area contributed by atoms with Gasteiger partial charge in [0.2, 0.25) is 5.88 Å². The number of hydrogen-bond acceptors (Lipinski definition) is 7. The van der Waals surface area contributed by atoms with Crippen molar-refractivity contribution in [3.05, 3.63) is 101 Å². The zero-order chi connectivity index (χ0) is 33.6. The number of para-hydroxylation sites is 1. The van der Waals surface area contributed by atoms with Gasteiger partial charge in [0.15, 0.2) is 0 Å². The number of methoxy groups -OCH3 is 1. The molecule has 2 unspecified atom stereocenters. The van der Waals surface area contributed by atoms with Crippen molar-refractivity contribution in [3.8, 4) is 22.8 Å². The molecule has 2 fully saturated rings. The Kier molecular flexibility index (Phi) is 8.27. The van der Waals surface area contributed by atoms with E-state index in [0.717, 1.165) is 96.2 Å². The maximum absolute atomic E-state index is 15.7. The van der Waals surface area contributed by atoms with E-state index in [4.69, 9.17) is 9.47 Å². The first-order chi connectivity index (χ1) is 23.9. The summed E-state index contributed by atoms with van der Waals surface area (Å²) < 4.78 is 29.8. The highest BCUT2D eigenvalue weighted by molar-refractivity contribution is 5.75. The normalized spacial score (nSPS) is 19.6. The second-order valence-corrected chi connectivity index (χ2v) is 13.7. The van der Waals surface area contributed by atoms with Gasteiger partial charge in [-0.05, 0) is 102 Å². The zero-order valence-electron chi connectivity index (χ0n) is 27.8. The van der Waals surface area contributed by atoms with Gasteiger partial charge in [-0.1, -0.05) is 48.5 Å². The number of nitrogens with zero attached hydrogens (tertiary/aromatic N) is 5. The van der Waals surface area contributed by atoms with Crippen molar-refractivity contribution in [1.29, 1.82) is 0 Å². The van der Waals surface area contributed by atoms with Gasteiger partial charge in [-0.2, -0.15) is 0 Å². The number of aromatic nitrogens is 4. The Morgan fingerprint density at radius 1 is 1.02 bits per heavy atom. The summed E-state index contributed by atoms with van der Waals surface area (Å²) in [6.45, 7) is 3.56.